The molecule has 1 saturated carbocycles. The van der Waals surface area contributed by atoms with E-state index in [2.05, 4.69) is 20.9 Å². The molecule has 5 nitrogen and oxygen atoms in total. The van der Waals surface area contributed by atoms with Gasteiger partial charge in [0.1, 0.15) is 17.5 Å². The summed E-state index contributed by atoms with van der Waals surface area (Å²) in [6, 6.07) is 6.48. The molecule has 0 aliphatic heterocycles. The van der Waals surface area contributed by atoms with Crippen LogP contribution in [0.4, 0.5) is 30.8 Å². The van der Waals surface area contributed by atoms with Crippen molar-refractivity contribution < 1.29 is 13.6 Å². The molecule has 7 heteroatoms. The molecule has 0 saturated heterocycles. The summed E-state index contributed by atoms with van der Waals surface area (Å²) in [5, 5.41) is 8.19. The Labute approximate surface area is 125 Å². The number of urea groups is 1. The second-order valence-electron chi connectivity index (χ2n) is 5.05. The van der Waals surface area contributed by atoms with E-state index in [9.17, 15) is 13.6 Å². The minimum atomic E-state index is -0.701. The molecule has 1 aromatic carbocycles. The molecule has 22 heavy (non-hydrogen) atoms. The molecule has 3 rings (SSSR count). The Hall–Kier alpha value is -2.70. The highest BCUT2D eigenvalue weighted by molar-refractivity contribution is 5.89. The van der Waals surface area contributed by atoms with E-state index in [1.54, 1.807) is 12.1 Å². The van der Waals surface area contributed by atoms with Gasteiger partial charge in [-0.15, -0.1) is 0 Å². The molecule has 1 aliphatic rings. The van der Waals surface area contributed by atoms with Gasteiger partial charge >= 0.3 is 6.03 Å². The maximum Gasteiger partial charge on any atom is 0.319 e. The van der Waals surface area contributed by atoms with Crippen LogP contribution < -0.4 is 16.0 Å². The number of anilines is 3. The Morgan fingerprint density at radius 3 is 2.64 bits per heavy atom. The fraction of sp³-hybridized carbons (Fsp3) is 0.200. The van der Waals surface area contributed by atoms with Crippen molar-refractivity contribution in [2.45, 2.75) is 18.9 Å². The van der Waals surface area contributed by atoms with Crippen LogP contribution in [0.3, 0.4) is 0 Å². The molecule has 0 unspecified atom stereocenters. The van der Waals surface area contributed by atoms with Gasteiger partial charge in [-0.25, -0.2) is 18.6 Å². The molecule has 1 aromatic heterocycles. The van der Waals surface area contributed by atoms with Gasteiger partial charge in [-0.2, -0.15) is 0 Å². The first-order chi connectivity index (χ1) is 10.6. The van der Waals surface area contributed by atoms with Crippen molar-refractivity contribution in [1.82, 2.24) is 10.3 Å². The lowest BCUT2D eigenvalue weighted by atomic mass is 10.3. The van der Waals surface area contributed by atoms with Crippen molar-refractivity contribution in [3.8, 4) is 0 Å². The van der Waals surface area contributed by atoms with E-state index in [4.69, 9.17) is 0 Å². The summed E-state index contributed by atoms with van der Waals surface area (Å²) in [6.07, 6.45) is 3.48. The van der Waals surface area contributed by atoms with E-state index >= 15 is 0 Å². The molecule has 2 aromatic rings. The Kier molecular flexibility index (Phi) is 3.86. The smallest absolute Gasteiger partial charge is 0.319 e. The predicted molar refractivity (Wildman–Crippen MR) is 79.1 cm³/mol. The predicted octanol–water partition coefficient (Wildman–Crippen LogP) is 3.39. The first-order valence-electron chi connectivity index (χ1n) is 6.86. The largest absolute Gasteiger partial charge is 0.338 e. The van der Waals surface area contributed by atoms with Gasteiger partial charge in [0.15, 0.2) is 0 Å². The second kappa shape index (κ2) is 5.97. The summed E-state index contributed by atoms with van der Waals surface area (Å²) in [6.45, 7) is 0. The van der Waals surface area contributed by atoms with Gasteiger partial charge in [0, 0.05) is 12.1 Å². The number of pyridine rings is 1. The monoisotopic (exact) mass is 304 g/mol. The molecule has 114 valence electrons. The number of carbonyl (C=O) groups is 1. The van der Waals surface area contributed by atoms with Gasteiger partial charge < -0.3 is 16.0 Å². The molecular formula is C15H14F2N4O. The fourth-order valence-electron chi connectivity index (χ4n) is 1.85. The summed E-state index contributed by atoms with van der Waals surface area (Å²) in [5.74, 6) is -0.955. The Bertz CT molecular complexity index is 686. The lowest BCUT2D eigenvalue weighted by Crippen LogP contribution is -2.30. The number of nitrogens with zero attached hydrogens (tertiary/aromatic N) is 1. The summed E-state index contributed by atoms with van der Waals surface area (Å²) in [7, 11) is 0. The Morgan fingerprint density at radius 1 is 1.18 bits per heavy atom. The third kappa shape index (κ3) is 3.69. The summed E-state index contributed by atoms with van der Waals surface area (Å²) >= 11 is 0. The molecule has 1 heterocycles. The lowest BCUT2D eigenvalue weighted by Gasteiger charge is -2.09. The van der Waals surface area contributed by atoms with E-state index in [1.807, 2.05) is 0 Å². The van der Waals surface area contributed by atoms with Crippen molar-refractivity contribution >= 4 is 23.2 Å². The first-order valence-corrected chi connectivity index (χ1v) is 6.86. The van der Waals surface area contributed by atoms with Crippen molar-refractivity contribution in [3.63, 3.8) is 0 Å². The molecule has 0 spiro atoms. The highest BCUT2D eigenvalue weighted by Gasteiger charge is 2.23. The quantitative estimate of drug-likeness (QED) is 0.811. The molecule has 0 bridgehead atoms. The highest BCUT2D eigenvalue weighted by atomic mass is 19.1. The number of halogens is 2. The number of benzene rings is 1. The maximum absolute atomic E-state index is 13.5. The number of hydrogen-bond acceptors (Lipinski definition) is 3. The molecule has 2 amide bonds. The zero-order valence-electron chi connectivity index (χ0n) is 11.6. The number of nitrogens with one attached hydrogen (secondary N) is 3. The van der Waals surface area contributed by atoms with Crippen molar-refractivity contribution in [3.05, 3.63) is 48.2 Å². The van der Waals surface area contributed by atoms with Crippen molar-refractivity contribution in [2.24, 2.45) is 0 Å². The number of aromatic nitrogens is 1. The standard InChI is InChI=1S/C15H14F2N4O/c16-9-1-5-13(12(17)7-9)21-14-6-4-11(8-18-14)20-15(22)19-10-2-3-10/h1,4-8,10H,2-3H2,(H,18,21)(H2,19,20,22). The average Bonchev–Trinajstić information content (AvgIpc) is 3.28. The van der Waals surface area contributed by atoms with Gasteiger partial charge in [-0.1, -0.05) is 0 Å². The number of rotatable bonds is 4. The molecular weight excluding hydrogens is 290 g/mol. The van der Waals surface area contributed by atoms with Crippen LogP contribution in [0.15, 0.2) is 36.5 Å². The zero-order valence-corrected chi connectivity index (χ0v) is 11.6. The van der Waals surface area contributed by atoms with E-state index in [0.717, 1.165) is 25.0 Å². The van der Waals surface area contributed by atoms with Crippen molar-refractivity contribution in [2.75, 3.05) is 10.6 Å². The second-order valence-corrected chi connectivity index (χ2v) is 5.05. The molecule has 3 N–H and O–H groups in total. The first kappa shape index (κ1) is 14.2. The van der Waals surface area contributed by atoms with Gasteiger partial charge in [0.2, 0.25) is 0 Å². The third-order valence-electron chi connectivity index (χ3n) is 3.13. The average molecular weight is 304 g/mol. The van der Waals surface area contributed by atoms with Gasteiger partial charge in [-0.05, 0) is 37.1 Å². The van der Waals surface area contributed by atoms with Gasteiger partial charge in [0.25, 0.3) is 0 Å². The summed E-state index contributed by atoms with van der Waals surface area (Å²) in [4.78, 5) is 15.6. The van der Waals surface area contributed by atoms with Crippen LogP contribution in [-0.4, -0.2) is 17.1 Å². The normalized spacial score (nSPS) is 13.5. The Morgan fingerprint density at radius 2 is 2.00 bits per heavy atom. The number of amides is 2. The van der Waals surface area contributed by atoms with E-state index in [-0.39, 0.29) is 17.8 Å². The molecule has 0 atom stereocenters. The van der Waals surface area contributed by atoms with E-state index in [0.29, 0.717) is 11.5 Å². The number of carbonyl (C=O) groups excluding carboxylic acids is 1. The summed E-state index contributed by atoms with van der Waals surface area (Å²) < 4.78 is 26.3. The van der Waals surface area contributed by atoms with Crippen LogP contribution in [0.1, 0.15) is 12.8 Å². The van der Waals surface area contributed by atoms with E-state index < -0.39 is 11.6 Å². The molecule has 0 radical (unpaired) electrons. The number of hydrogen-bond donors (Lipinski definition) is 3. The lowest BCUT2D eigenvalue weighted by molar-refractivity contribution is 0.251. The Balaban J connectivity index is 1.62. The SMILES string of the molecule is O=C(Nc1ccc(Nc2ccc(F)cc2F)nc1)NC1CC1. The van der Waals surface area contributed by atoms with Crippen LogP contribution >= 0.6 is 0 Å². The van der Waals surface area contributed by atoms with Crippen LogP contribution in [0.5, 0.6) is 0 Å². The molecule has 1 aliphatic carbocycles. The van der Waals surface area contributed by atoms with Crippen LogP contribution in [0, 0.1) is 11.6 Å². The third-order valence-corrected chi connectivity index (χ3v) is 3.13. The van der Waals surface area contributed by atoms with Crippen molar-refractivity contribution in [1.29, 1.82) is 0 Å². The maximum atomic E-state index is 13.5. The minimum absolute atomic E-state index is 0.126. The van der Waals surface area contributed by atoms with Crippen LogP contribution in [0.25, 0.3) is 0 Å². The van der Waals surface area contributed by atoms with Crippen LogP contribution in [0.2, 0.25) is 0 Å². The summed E-state index contributed by atoms with van der Waals surface area (Å²) in [5.41, 5.74) is 0.657. The highest BCUT2D eigenvalue weighted by Crippen LogP contribution is 2.21. The fourth-order valence-corrected chi connectivity index (χ4v) is 1.85. The van der Waals surface area contributed by atoms with Crippen LogP contribution in [-0.2, 0) is 0 Å². The van der Waals surface area contributed by atoms with Gasteiger partial charge in [-0.3, -0.25) is 0 Å². The molecule has 1 fully saturated rings. The minimum Gasteiger partial charge on any atom is -0.338 e. The zero-order chi connectivity index (χ0) is 15.5. The van der Waals surface area contributed by atoms with Gasteiger partial charge in [0.05, 0.1) is 17.6 Å². The topological polar surface area (TPSA) is 66.0 Å². The van der Waals surface area contributed by atoms with E-state index in [1.165, 1.54) is 12.3 Å².